The van der Waals surface area contributed by atoms with Gasteiger partial charge >= 0.3 is 0 Å². The lowest BCUT2D eigenvalue weighted by Crippen LogP contribution is -3.15. The molecule has 158 valence electrons. The molecule has 0 spiro atoms. The van der Waals surface area contributed by atoms with Gasteiger partial charge in [-0.3, -0.25) is 0 Å². The van der Waals surface area contributed by atoms with Crippen molar-refractivity contribution < 1.29 is 27.5 Å². The van der Waals surface area contributed by atoms with Gasteiger partial charge in [0.1, 0.15) is 35.3 Å². The predicted octanol–water partition coefficient (Wildman–Crippen LogP) is 0.980. The zero-order valence-electron chi connectivity index (χ0n) is 17.2. The summed E-state index contributed by atoms with van der Waals surface area (Å²) in [6.45, 7) is 5.88. The van der Waals surface area contributed by atoms with Crippen LogP contribution in [0.3, 0.4) is 0 Å². The molecule has 0 aromatic heterocycles. The average molecular weight is 422 g/mol. The van der Waals surface area contributed by atoms with Crippen LogP contribution >= 0.6 is 0 Å². The van der Waals surface area contributed by atoms with Gasteiger partial charge in [0.25, 0.3) is 0 Å². The molecule has 3 rings (SSSR count). The van der Waals surface area contributed by atoms with Gasteiger partial charge in [0.05, 0.1) is 40.4 Å². The summed E-state index contributed by atoms with van der Waals surface area (Å²) in [5.74, 6) is 1.68. The standard InChI is InChI=1S/C21H28N2O5S/c1-17-5-4-6-19(15-17)28-14-13-22-9-11-23(12-10-22)29(24,25)21-16-18(26-2)7-8-20(21)27-3/h4-8,15-16H,9-14H2,1-3H3/p+1. The maximum absolute atomic E-state index is 13.1. The molecule has 0 aliphatic carbocycles. The van der Waals surface area contributed by atoms with Crippen LogP contribution in [0, 0.1) is 6.92 Å². The number of methoxy groups -OCH3 is 2. The van der Waals surface area contributed by atoms with Crippen LogP contribution in [0.2, 0.25) is 0 Å². The van der Waals surface area contributed by atoms with Crippen molar-refractivity contribution in [3.05, 3.63) is 48.0 Å². The van der Waals surface area contributed by atoms with E-state index in [0.29, 0.717) is 31.2 Å². The minimum absolute atomic E-state index is 0.144. The Kier molecular flexibility index (Phi) is 7.00. The summed E-state index contributed by atoms with van der Waals surface area (Å²) in [4.78, 5) is 1.48. The summed E-state index contributed by atoms with van der Waals surface area (Å²) in [6.07, 6.45) is 0. The first-order valence-corrected chi connectivity index (χ1v) is 11.1. The molecule has 1 aliphatic heterocycles. The van der Waals surface area contributed by atoms with Gasteiger partial charge in [0.15, 0.2) is 0 Å². The van der Waals surface area contributed by atoms with Gasteiger partial charge in [-0.15, -0.1) is 0 Å². The molecule has 7 nitrogen and oxygen atoms in total. The van der Waals surface area contributed by atoms with Crippen LogP contribution in [-0.4, -0.2) is 66.3 Å². The lowest BCUT2D eigenvalue weighted by Gasteiger charge is -2.31. The van der Waals surface area contributed by atoms with Crippen molar-refractivity contribution in [2.75, 3.05) is 53.6 Å². The number of ether oxygens (including phenoxy) is 3. The molecule has 2 aromatic rings. The van der Waals surface area contributed by atoms with Crippen LogP contribution in [0.1, 0.15) is 5.56 Å². The van der Waals surface area contributed by atoms with Crippen LogP contribution < -0.4 is 19.1 Å². The van der Waals surface area contributed by atoms with E-state index in [1.54, 1.807) is 12.1 Å². The molecule has 1 aliphatic rings. The molecule has 1 N–H and O–H groups in total. The number of quaternary nitrogens is 1. The van der Waals surface area contributed by atoms with E-state index in [2.05, 4.69) is 0 Å². The fraction of sp³-hybridized carbons (Fsp3) is 0.429. The second-order valence-corrected chi connectivity index (χ2v) is 8.99. The van der Waals surface area contributed by atoms with Gasteiger partial charge in [-0.05, 0) is 36.8 Å². The van der Waals surface area contributed by atoms with E-state index in [9.17, 15) is 8.42 Å². The van der Waals surface area contributed by atoms with Gasteiger partial charge in [-0.2, -0.15) is 4.31 Å². The van der Waals surface area contributed by atoms with Crippen LogP contribution in [0.25, 0.3) is 0 Å². The number of piperazine rings is 1. The smallest absolute Gasteiger partial charge is 0.247 e. The fourth-order valence-corrected chi connectivity index (χ4v) is 5.05. The second-order valence-electron chi connectivity index (χ2n) is 7.09. The van der Waals surface area contributed by atoms with Gasteiger partial charge < -0.3 is 19.1 Å². The number of rotatable bonds is 8. The predicted molar refractivity (Wildman–Crippen MR) is 111 cm³/mol. The summed E-state index contributed by atoms with van der Waals surface area (Å²) in [5, 5.41) is 0. The molecule has 0 saturated carbocycles. The summed E-state index contributed by atoms with van der Waals surface area (Å²) >= 11 is 0. The maximum Gasteiger partial charge on any atom is 0.247 e. The van der Waals surface area contributed by atoms with E-state index >= 15 is 0 Å². The lowest BCUT2D eigenvalue weighted by atomic mass is 10.2. The Labute approximate surface area is 172 Å². The quantitative estimate of drug-likeness (QED) is 0.688. The number of nitrogens with zero attached hydrogens (tertiary/aromatic N) is 1. The normalized spacial score (nSPS) is 15.8. The molecule has 0 bridgehead atoms. The molecule has 1 fully saturated rings. The largest absolute Gasteiger partial charge is 0.497 e. The molecule has 29 heavy (non-hydrogen) atoms. The molecule has 1 heterocycles. The van der Waals surface area contributed by atoms with Gasteiger partial charge in [0.2, 0.25) is 10.0 Å². The summed E-state index contributed by atoms with van der Waals surface area (Å²) in [7, 11) is -0.663. The van der Waals surface area contributed by atoms with Crippen molar-refractivity contribution >= 4 is 10.0 Å². The number of nitrogens with one attached hydrogen (secondary N) is 1. The van der Waals surface area contributed by atoms with E-state index in [-0.39, 0.29) is 4.90 Å². The number of benzene rings is 2. The Morgan fingerprint density at radius 1 is 1.00 bits per heavy atom. The van der Waals surface area contributed by atoms with Crippen molar-refractivity contribution in [3.8, 4) is 17.2 Å². The zero-order valence-corrected chi connectivity index (χ0v) is 18.0. The topological polar surface area (TPSA) is 69.5 Å². The molecular formula is C21H29N2O5S+. The zero-order chi connectivity index (χ0) is 20.9. The molecule has 0 unspecified atom stereocenters. The highest BCUT2D eigenvalue weighted by Crippen LogP contribution is 2.30. The highest BCUT2D eigenvalue weighted by molar-refractivity contribution is 7.89. The Hall–Kier alpha value is -2.29. The van der Waals surface area contributed by atoms with Crippen LogP contribution in [0.15, 0.2) is 47.4 Å². The van der Waals surface area contributed by atoms with Crippen molar-refractivity contribution in [1.82, 2.24) is 4.31 Å². The van der Waals surface area contributed by atoms with Crippen molar-refractivity contribution in [2.45, 2.75) is 11.8 Å². The van der Waals surface area contributed by atoms with Gasteiger partial charge in [0, 0.05) is 6.07 Å². The number of aryl methyl sites for hydroxylation is 1. The monoisotopic (exact) mass is 421 g/mol. The highest BCUT2D eigenvalue weighted by Gasteiger charge is 2.32. The average Bonchev–Trinajstić information content (AvgIpc) is 2.73. The van der Waals surface area contributed by atoms with E-state index in [1.165, 1.54) is 35.1 Å². The van der Waals surface area contributed by atoms with Gasteiger partial charge in [-0.1, -0.05) is 12.1 Å². The first kappa shape index (κ1) is 21.4. The Bertz CT molecular complexity index is 924. The third-order valence-electron chi connectivity index (χ3n) is 5.13. The lowest BCUT2D eigenvalue weighted by molar-refractivity contribution is -0.903. The fourth-order valence-electron chi connectivity index (χ4n) is 3.44. The van der Waals surface area contributed by atoms with Crippen molar-refractivity contribution in [1.29, 1.82) is 0 Å². The Balaban J connectivity index is 1.57. The summed E-state index contributed by atoms with van der Waals surface area (Å²) in [5.41, 5.74) is 1.17. The molecule has 8 heteroatoms. The number of hydrogen-bond acceptors (Lipinski definition) is 5. The van der Waals surface area contributed by atoms with E-state index < -0.39 is 10.0 Å². The van der Waals surface area contributed by atoms with Crippen LogP contribution in [-0.2, 0) is 10.0 Å². The van der Waals surface area contributed by atoms with E-state index in [1.807, 2.05) is 31.2 Å². The number of sulfonamides is 1. The molecular weight excluding hydrogens is 392 g/mol. The highest BCUT2D eigenvalue weighted by atomic mass is 32.2. The third kappa shape index (κ3) is 5.20. The molecule has 0 amide bonds. The summed E-state index contributed by atoms with van der Waals surface area (Å²) in [6, 6.07) is 12.8. The molecule has 0 atom stereocenters. The van der Waals surface area contributed by atoms with Gasteiger partial charge in [-0.25, -0.2) is 8.42 Å². The third-order valence-corrected chi connectivity index (χ3v) is 7.05. The van der Waals surface area contributed by atoms with Crippen molar-refractivity contribution in [2.24, 2.45) is 0 Å². The van der Waals surface area contributed by atoms with E-state index in [0.717, 1.165) is 25.4 Å². The van der Waals surface area contributed by atoms with Crippen LogP contribution in [0.5, 0.6) is 17.2 Å². The molecule has 1 saturated heterocycles. The summed E-state index contributed by atoms with van der Waals surface area (Å²) < 4.78 is 44.1. The minimum atomic E-state index is -3.65. The molecule has 0 radical (unpaired) electrons. The molecule has 2 aromatic carbocycles. The SMILES string of the molecule is COc1ccc(OC)c(S(=O)(=O)N2CC[NH+](CCOc3cccc(C)c3)CC2)c1. The first-order valence-electron chi connectivity index (χ1n) is 9.69. The second kappa shape index (κ2) is 9.47. The Morgan fingerprint density at radius 3 is 2.41 bits per heavy atom. The number of hydrogen-bond donors (Lipinski definition) is 1. The minimum Gasteiger partial charge on any atom is -0.497 e. The van der Waals surface area contributed by atoms with Crippen LogP contribution in [0.4, 0.5) is 0 Å². The first-order chi connectivity index (χ1) is 13.9. The van der Waals surface area contributed by atoms with Crippen molar-refractivity contribution in [3.63, 3.8) is 0 Å². The Morgan fingerprint density at radius 2 is 1.76 bits per heavy atom. The van der Waals surface area contributed by atoms with E-state index in [4.69, 9.17) is 14.2 Å². The maximum atomic E-state index is 13.1.